The number of hydrogen-bond donors (Lipinski definition) is 0. The molecule has 0 saturated heterocycles. The molecule has 1 aromatic heterocycles. The van der Waals surface area contributed by atoms with Crippen molar-refractivity contribution < 1.29 is 13.9 Å². The molecule has 2 rings (SSSR count). The molecule has 0 N–H and O–H groups in total. The van der Waals surface area contributed by atoms with E-state index in [-0.39, 0.29) is 0 Å². The summed E-state index contributed by atoms with van der Waals surface area (Å²) in [6, 6.07) is 9.63. The molecule has 0 fully saturated rings. The van der Waals surface area contributed by atoms with Crippen molar-refractivity contribution in [2.75, 3.05) is 7.11 Å². The van der Waals surface area contributed by atoms with E-state index in [2.05, 4.69) is 9.72 Å². The normalized spacial score (nSPS) is 11.4. The van der Waals surface area contributed by atoms with E-state index in [9.17, 15) is 4.79 Å². The van der Waals surface area contributed by atoms with Crippen LogP contribution in [0.25, 0.3) is 17.0 Å². The fraction of sp³-hybridized carbons (Fsp3) is 0.200. The number of rotatable bonds is 3. The van der Waals surface area contributed by atoms with Gasteiger partial charge in [-0.2, -0.15) is 0 Å². The van der Waals surface area contributed by atoms with Crippen molar-refractivity contribution in [1.82, 2.24) is 4.98 Å². The van der Waals surface area contributed by atoms with Crippen molar-refractivity contribution in [3.05, 3.63) is 47.9 Å². The van der Waals surface area contributed by atoms with E-state index in [1.54, 1.807) is 6.92 Å². The van der Waals surface area contributed by atoms with Crippen LogP contribution in [-0.2, 0) is 9.53 Å². The average molecular weight is 257 g/mol. The maximum atomic E-state index is 11.2. The molecule has 0 saturated carbocycles. The van der Waals surface area contributed by atoms with E-state index in [1.807, 2.05) is 37.3 Å². The smallest absolute Gasteiger partial charge is 0.330 e. The summed E-state index contributed by atoms with van der Waals surface area (Å²) < 4.78 is 10.2. The predicted octanol–water partition coefficient (Wildman–Crippen LogP) is 3.23. The number of carbonyl (C=O) groups is 1. The zero-order valence-corrected chi connectivity index (χ0v) is 11.1. The first kappa shape index (κ1) is 13.1. The van der Waals surface area contributed by atoms with Crippen molar-refractivity contribution in [2.45, 2.75) is 13.8 Å². The van der Waals surface area contributed by atoms with Gasteiger partial charge < -0.3 is 9.15 Å². The molecule has 0 atom stereocenters. The van der Waals surface area contributed by atoms with Crippen LogP contribution >= 0.6 is 0 Å². The van der Waals surface area contributed by atoms with E-state index in [0.29, 0.717) is 17.3 Å². The molecular weight excluding hydrogens is 242 g/mol. The molecule has 0 bridgehead atoms. The number of benzene rings is 1. The van der Waals surface area contributed by atoms with E-state index < -0.39 is 5.97 Å². The molecule has 0 amide bonds. The predicted molar refractivity (Wildman–Crippen MR) is 72.3 cm³/mol. The third kappa shape index (κ3) is 2.91. The first-order valence-corrected chi connectivity index (χ1v) is 5.91. The standard InChI is InChI=1S/C15H15NO3/c1-10(9-13(17)18-3)14-11(2)19-15(16-14)12-7-5-4-6-8-12/h4-9H,1-3H3. The van der Waals surface area contributed by atoms with E-state index in [0.717, 1.165) is 11.1 Å². The van der Waals surface area contributed by atoms with Crippen molar-refractivity contribution in [2.24, 2.45) is 0 Å². The average Bonchev–Trinajstić information content (AvgIpc) is 2.81. The molecule has 19 heavy (non-hydrogen) atoms. The Morgan fingerprint density at radius 3 is 2.63 bits per heavy atom. The first-order chi connectivity index (χ1) is 9.11. The zero-order valence-electron chi connectivity index (χ0n) is 11.1. The van der Waals surface area contributed by atoms with Crippen molar-refractivity contribution in [3.63, 3.8) is 0 Å². The molecule has 1 heterocycles. The monoisotopic (exact) mass is 257 g/mol. The maximum absolute atomic E-state index is 11.2. The number of methoxy groups -OCH3 is 1. The number of hydrogen-bond acceptors (Lipinski definition) is 4. The molecule has 4 nitrogen and oxygen atoms in total. The molecule has 4 heteroatoms. The van der Waals surface area contributed by atoms with Crippen LogP contribution in [0.1, 0.15) is 18.4 Å². The molecule has 1 aromatic carbocycles. The lowest BCUT2D eigenvalue weighted by atomic mass is 10.2. The minimum absolute atomic E-state index is 0.402. The number of aromatic nitrogens is 1. The zero-order chi connectivity index (χ0) is 13.8. The highest BCUT2D eigenvalue weighted by molar-refractivity contribution is 5.90. The molecule has 0 unspecified atom stereocenters. The van der Waals surface area contributed by atoms with Crippen LogP contribution in [0.4, 0.5) is 0 Å². The molecule has 0 radical (unpaired) electrons. The van der Waals surface area contributed by atoms with Gasteiger partial charge in [0.05, 0.1) is 7.11 Å². The van der Waals surface area contributed by atoms with Crippen LogP contribution in [-0.4, -0.2) is 18.1 Å². The molecule has 98 valence electrons. The number of esters is 1. The van der Waals surface area contributed by atoms with Crippen LogP contribution in [0, 0.1) is 6.92 Å². The van der Waals surface area contributed by atoms with Gasteiger partial charge in [-0.15, -0.1) is 0 Å². The largest absolute Gasteiger partial charge is 0.466 e. The van der Waals surface area contributed by atoms with Gasteiger partial charge in [0, 0.05) is 11.6 Å². The van der Waals surface area contributed by atoms with Gasteiger partial charge in [0.25, 0.3) is 0 Å². The third-order valence-electron chi connectivity index (χ3n) is 2.73. The van der Waals surface area contributed by atoms with Gasteiger partial charge in [-0.25, -0.2) is 9.78 Å². The summed E-state index contributed by atoms with van der Waals surface area (Å²) >= 11 is 0. The molecule has 0 aliphatic heterocycles. The Morgan fingerprint density at radius 1 is 1.32 bits per heavy atom. The lowest BCUT2D eigenvalue weighted by Gasteiger charge is -1.96. The Morgan fingerprint density at radius 2 is 2.00 bits per heavy atom. The van der Waals surface area contributed by atoms with E-state index >= 15 is 0 Å². The summed E-state index contributed by atoms with van der Waals surface area (Å²) in [5.74, 6) is 0.823. The topological polar surface area (TPSA) is 52.3 Å². The van der Waals surface area contributed by atoms with Gasteiger partial charge in [0.15, 0.2) is 0 Å². The van der Waals surface area contributed by atoms with Gasteiger partial charge in [0.2, 0.25) is 5.89 Å². The van der Waals surface area contributed by atoms with Gasteiger partial charge in [-0.05, 0) is 31.6 Å². The minimum Gasteiger partial charge on any atom is -0.466 e. The Bertz CT molecular complexity index is 612. The number of nitrogens with zero attached hydrogens (tertiary/aromatic N) is 1. The number of aryl methyl sites for hydroxylation is 1. The molecule has 0 spiro atoms. The fourth-order valence-electron chi connectivity index (χ4n) is 1.77. The van der Waals surface area contributed by atoms with Crippen LogP contribution in [0.3, 0.4) is 0 Å². The number of ether oxygens (including phenoxy) is 1. The SMILES string of the molecule is COC(=O)C=C(C)c1nc(-c2ccccc2)oc1C. The first-order valence-electron chi connectivity index (χ1n) is 5.91. The Hall–Kier alpha value is -2.36. The highest BCUT2D eigenvalue weighted by Crippen LogP contribution is 2.25. The second-order valence-corrected chi connectivity index (χ2v) is 4.14. The summed E-state index contributed by atoms with van der Waals surface area (Å²) in [6.07, 6.45) is 1.40. The summed E-state index contributed by atoms with van der Waals surface area (Å²) in [5.41, 5.74) is 2.29. The highest BCUT2D eigenvalue weighted by Gasteiger charge is 2.13. The van der Waals surface area contributed by atoms with E-state index in [1.165, 1.54) is 13.2 Å². The van der Waals surface area contributed by atoms with Crippen molar-refractivity contribution in [3.8, 4) is 11.5 Å². The van der Waals surface area contributed by atoms with Crippen LogP contribution < -0.4 is 0 Å². The molecule has 0 aliphatic carbocycles. The van der Waals surface area contributed by atoms with Gasteiger partial charge in [-0.1, -0.05) is 18.2 Å². The molecule has 2 aromatic rings. The second kappa shape index (κ2) is 5.52. The second-order valence-electron chi connectivity index (χ2n) is 4.14. The van der Waals surface area contributed by atoms with Gasteiger partial charge >= 0.3 is 5.97 Å². The summed E-state index contributed by atoms with van der Waals surface area (Å²) in [7, 11) is 1.34. The van der Waals surface area contributed by atoms with Crippen LogP contribution in [0.5, 0.6) is 0 Å². The van der Waals surface area contributed by atoms with E-state index in [4.69, 9.17) is 4.42 Å². The molecule has 0 aliphatic rings. The van der Waals surface area contributed by atoms with Crippen LogP contribution in [0.2, 0.25) is 0 Å². The van der Waals surface area contributed by atoms with Gasteiger partial charge in [-0.3, -0.25) is 0 Å². The Labute approximate surface area is 111 Å². The third-order valence-corrected chi connectivity index (χ3v) is 2.73. The summed E-state index contributed by atoms with van der Waals surface area (Å²) in [6.45, 7) is 3.62. The summed E-state index contributed by atoms with van der Waals surface area (Å²) in [5, 5.41) is 0. The lowest BCUT2D eigenvalue weighted by Crippen LogP contribution is -1.96. The number of allylic oxidation sites excluding steroid dienone is 1. The van der Waals surface area contributed by atoms with Crippen molar-refractivity contribution >= 4 is 11.5 Å². The highest BCUT2D eigenvalue weighted by atomic mass is 16.5. The van der Waals surface area contributed by atoms with Gasteiger partial charge in [0.1, 0.15) is 11.5 Å². The Kier molecular flexibility index (Phi) is 3.80. The Balaban J connectivity index is 2.37. The lowest BCUT2D eigenvalue weighted by molar-refractivity contribution is -0.134. The summed E-state index contributed by atoms with van der Waals surface area (Å²) in [4.78, 5) is 15.7. The molecular formula is C15H15NO3. The quantitative estimate of drug-likeness (QED) is 0.625. The van der Waals surface area contributed by atoms with Crippen LogP contribution in [0.15, 0.2) is 40.8 Å². The van der Waals surface area contributed by atoms with Crippen molar-refractivity contribution in [1.29, 1.82) is 0 Å². The maximum Gasteiger partial charge on any atom is 0.330 e. The fourth-order valence-corrected chi connectivity index (χ4v) is 1.77. The number of oxazole rings is 1. The minimum atomic E-state index is -0.402. The number of carbonyl (C=O) groups excluding carboxylic acids is 1.